The molecule has 2 heterocycles. The van der Waals surface area contributed by atoms with Crippen LogP contribution in [0.4, 0.5) is 5.69 Å². The Morgan fingerprint density at radius 3 is 2.88 bits per heavy atom. The van der Waals surface area contributed by atoms with Gasteiger partial charge in [-0.3, -0.25) is 4.57 Å². The normalized spacial score (nSPS) is 10.8. The van der Waals surface area contributed by atoms with E-state index in [1.807, 2.05) is 60.7 Å². The Hall–Kier alpha value is -3.54. The Bertz CT molecular complexity index is 1100. The van der Waals surface area contributed by atoms with E-state index in [1.165, 1.54) is 0 Å². The number of rotatable bonds is 5. The molecule has 0 bridgehead atoms. The summed E-state index contributed by atoms with van der Waals surface area (Å²) in [5, 5.41) is 3.38. The molecule has 0 saturated heterocycles. The second-order valence-electron chi connectivity index (χ2n) is 5.99. The lowest BCUT2D eigenvalue weighted by atomic mass is 10.2. The maximum Gasteiger partial charge on any atom is 0.326 e. The molecule has 0 aliphatic carbocycles. The van der Waals surface area contributed by atoms with Crippen LogP contribution in [-0.4, -0.2) is 14.5 Å². The quantitative estimate of drug-likeness (QED) is 0.578. The highest BCUT2D eigenvalue weighted by Crippen LogP contribution is 2.21. The van der Waals surface area contributed by atoms with Crippen molar-refractivity contribution in [1.29, 1.82) is 0 Å². The second kappa shape index (κ2) is 6.76. The third-order valence-corrected chi connectivity index (χ3v) is 4.16. The predicted octanol–water partition coefficient (Wildman–Crippen LogP) is 3.67. The highest BCUT2D eigenvalue weighted by Gasteiger charge is 2.04. The molecule has 0 aliphatic heterocycles. The number of aromatic amines is 1. The fourth-order valence-electron chi connectivity index (χ4n) is 2.78. The van der Waals surface area contributed by atoms with E-state index in [0.717, 1.165) is 28.0 Å². The largest absolute Gasteiger partial charge is 0.439 e. The van der Waals surface area contributed by atoms with Crippen molar-refractivity contribution in [1.82, 2.24) is 14.5 Å². The Balaban J connectivity index is 1.48. The topological polar surface area (TPSA) is 71.9 Å². The van der Waals surface area contributed by atoms with Crippen LogP contribution >= 0.6 is 0 Å². The van der Waals surface area contributed by atoms with Crippen molar-refractivity contribution in [3.8, 4) is 11.6 Å². The third kappa shape index (κ3) is 3.30. The number of fused-ring (bicyclic) bond motifs is 1. The second-order valence-corrected chi connectivity index (χ2v) is 5.99. The summed E-state index contributed by atoms with van der Waals surface area (Å²) in [5.74, 6) is 1.31. The molecule has 0 unspecified atom stereocenters. The molecule has 6 heteroatoms. The van der Waals surface area contributed by atoms with Crippen molar-refractivity contribution >= 4 is 16.7 Å². The molecule has 2 aromatic carbocycles. The fourth-order valence-corrected chi connectivity index (χ4v) is 2.78. The number of pyridine rings is 1. The van der Waals surface area contributed by atoms with Gasteiger partial charge in [0.25, 0.3) is 0 Å². The summed E-state index contributed by atoms with van der Waals surface area (Å²) >= 11 is 0. The Labute approximate surface area is 150 Å². The number of nitrogens with one attached hydrogen (secondary N) is 2. The Kier molecular flexibility index (Phi) is 4.15. The minimum absolute atomic E-state index is 0.114. The molecule has 0 amide bonds. The van der Waals surface area contributed by atoms with Crippen LogP contribution in [0.15, 0.2) is 71.7 Å². The molecule has 0 saturated carbocycles. The fraction of sp³-hybridized carbons (Fsp3) is 0.100. The molecule has 4 aromatic rings. The molecule has 26 heavy (non-hydrogen) atoms. The van der Waals surface area contributed by atoms with E-state index in [0.29, 0.717) is 12.4 Å². The standard InChI is InChI=1S/C20H18N4O2/c1-24-18-12-15(8-9-17(18)23-20(24)25)22-13-14-5-4-6-16(11-14)26-19-7-2-3-10-21-19/h2-12,22H,13H2,1H3,(H,23,25). The number of ether oxygens (including phenoxy) is 1. The zero-order valence-corrected chi connectivity index (χ0v) is 14.3. The van der Waals surface area contributed by atoms with E-state index < -0.39 is 0 Å². The van der Waals surface area contributed by atoms with Gasteiger partial charge in [0.1, 0.15) is 5.75 Å². The van der Waals surface area contributed by atoms with E-state index >= 15 is 0 Å². The summed E-state index contributed by atoms with van der Waals surface area (Å²) in [5.41, 5.74) is 3.61. The third-order valence-electron chi connectivity index (χ3n) is 4.16. The lowest BCUT2D eigenvalue weighted by molar-refractivity contribution is 0.462. The Morgan fingerprint density at radius 1 is 1.12 bits per heavy atom. The number of imidazole rings is 1. The van der Waals surface area contributed by atoms with Gasteiger partial charge in [0.2, 0.25) is 5.88 Å². The van der Waals surface area contributed by atoms with Crippen molar-refractivity contribution in [2.75, 3.05) is 5.32 Å². The lowest BCUT2D eigenvalue weighted by Gasteiger charge is -2.09. The number of H-pyrrole nitrogens is 1. The van der Waals surface area contributed by atoms with Crippen LogP contribution in [0.1, 0.15) is 5.56 Å². The SMILES string of the molecule is Cn1c(=O)[nH]c2ccc(NCc3cccc(Oc4ccccn4)c3)cc21. The van der Waals surface area contributed by atoms with Crippen LogP contribution in [0.5, 0.6) is 11.6 Å². The van der Waals surface area contributed by atoms with Crippen LogP contribution in [0.25, 0.3) is 11.0 Å². The van der Waals surface area contributed by atoms with E-state index in [1.54, 1.807) is 17.8 Å². The summed E-state index contributed by atoms with van der Waals surface area (Å²) in [6.07, 6.45) is 1.70. The number of aryl methyl sites for hydroxylation is 1. The molecule has 0 atom stereocenters. The molecule has 2 aromatic heterocycles. The number of hydrogen-bond acceptors (Lipinski definition) is 4. The molecule has 6 nitrogen and oxygen atoms in total. The summed E-state index contributed by atoms with van der Waals surface area (Å²) in [4.78, 5) is 18.7. The maximum atomic E-state index is 11.7. The first-order valence-electron chi connectivity index (χ1n) is 8.29. The number of hydrogen-bond donors (Lipinski definition) is 2. The van der Waals surface area contributed by atoms with Gasteiger partial charge >= 0.3 is 5.69 Å². The van der Waals surface area contributed by atoms with Crippen molar-refractivity contribution in [2.45, 2.75) is 6.54 Å². The van der Waals surface area contributed by atoms with Crippen molar-refractivity contribution in [2.24, 2.45) is 7.05 Å². The van der Waals surface area contributed by atoms with E-state index in [9.17, 15) is 4.79 Å². The van der Waals surface area contributed by atoms with Gasteiger partial charge in [0, 0.05) is 31.5 Å². The average molecular weight is 346 g/mol. The van der Waals surface area contributed by atoms with E-state index in [4.69, 9.17) is 4.74 Å². The molecule has 130 valence electrons. The summed E-state index contributed by atoms with van der Waals surface area (Å²) in [7, 11) is 1.75. The van der Waals surface area contributed by atoms with E-state index in [-0.39, 0.29) is 5.69 Å². The van der Waals surface area contributed by atoms with Crippen molar-refractivity contribution in [3.05, 3.63) is 82.9 Å². The first-order chi connectivity index (χ1) is 12.7. The van der Waals surface area contributed by atoms with Gasteiger partial charge in [-0.05, 0) is 42.0 Å². The van der Waals surface area contributed by atoms with Gasteiger partial charge < -0.3 is 15.0 Å². The molecule has 0 aliphatic rings. The van der Waals surface area contributed by atoms with Crippen LogP contribution in [0.2, 0.25) is 0 Å². The van der Waals surface area contributed by atoms with Gasteiger partial charge in [0.05, 0.1) is 11.0 Å². The minimum Gasteiger partial charge on any atom is -0.439 e. The van der Waals surface area contributed by atoms with Gasteiger partial charge in [-0.15, -0.1) is 0 Å². The first kappa shape index (κ1) is 16.0. The number of benzene rings is 2. The van der Waals surface area contributed by atoms with E-state index in [2.05, 4.69) is 15.3 Å². The molecule has 4 rings (SSSR count). The highest BCUT2D eigenvalue weighted by atomic mass is 16.5. The van der Waals surface area contributed by atoms with Crippen LogP contribution in [0.3, 0.4) is 0 Å². The molecule has 2 N–H and O–H groups in total. The summed E-state index contributed by atoms with van der Waals surface area (Å²) in [6, 6.07) is 19.2. The van der Waals surface area contributed by atoms with Crippen LogP contribution < -0.4 is 15.7 Å². The maximum absolute atomic E-state index is 11.7. The predicted molar refractivity (Wildman–Crippen MR) is 102 cm³/mol. The van der Waals surface area contributed by atoms with Crippen molar-refractivity contribution < 1.29 is 4.74 Å². The molecular weight excluding hydrogens is 328 g/mol. The van der Waals surface area contributed by atoms with Crippen LogP contribution in [0, 0.1) is 0 Å². The first-order valence-corrected chi connectivity index (χ1v) is 8.29. The van der Waals surface area contributed by atoms with Gasteiger partial charge in [-0.1, -0.05) is 18.2 Å². The minimum atomic E-state index is -0.114. The number of anilines is 1. The molecule has 0 fully saturated rings. The lowest BCUT2D eigenvalue weighted by Crippen LogP contribution is -2.11. The zero-order chi connectivity index (χ0) is 17.9. The van der Waals surface area contributed by atoms with Gasteiger partial charge in [0.15, 0.2) is 0 Å². The molecule has 0 spiro atoms. The molecule has 0 radical (unpaired) electrons. The highest BCUT2D eigenvalue weighted by molar-refractivity contribution is 5.79. The van der Waals surface area contributed by atoms with Crippen LogP contribution in [-0.2, 0) is 13.6 Å². The number of aromatic nitrogens is 3. The smallest absolute Gasteiger partial charge is 0.326 e. The summed E-state index contributed by atoms with van der Waals surface area (Å²) in [6.45, 7) is 0.642. The number of nitrogens with zero attached hydrogens (tertiary/aromatic N) is 2. The van der Waals surface area contributed by atoms with Gasteiger partial charge in [-0.25, -0.2) is 9.78 Å². The monoisotopic (exact) mass is 346 g/mol. The van der Waals surface area contributed by atoms with Gasteiger partial charge in [-0.2, -0.15) is 0 Å². The average Bonchev–Trinajstić information content (AvgIpc) is 2.95. The molecular formula is C20H18N4O2. The zero-order valence-electron chi connectivity index (χ0n) is 14.3. The van der Waals surface area contributed by atoms with Crippen molar-refractivity contribution in [3.63, 3.8) is 0 Å². The summed E-state index contributed by atoms with van der Waals surface area (Å²) < 4.78 is 7.37. The Morgan fingerprint density at radius 2 is 2.04 bits per heavy atom.